The Morgan fingerprint density at radius 2 is 2.00 bits per heavy atom. The van der Waals surface area contributed by atoms with Crippen molar-refractivity contribution in [2.75, 3.05) is 0 Å². The van der Waals surface area contributed by atoms with Crippen molar-refractivity contribution in [3.63, 3.8) is 0 Å². The molecule has 0 bridgehead atoms. The Kier molecular flexibility index (Phi) is 2.40. The molecule has 0 fully saturated rings. The minimum absolute atomic E-state index is 0.0677. The quantitative estimate of drug-likeness (QED) is 0.606. The van der Waals surface area contributed by atoms with Gasteiger partial charge in [-0.2, -0.15) is 0 Å². The summed E-state index contributed by atoms with van der Waals surface area (Å²) >= 11 is 0. The molecule has 1 aromatic carbocycles. The molecule has 0 saturated heterocycles. The number of phenolic OH excluding ortho intramolecular Hbond substituents is 1. The number of rotatable bonds is 1. The summed E-state index contributed by atoms with van der Waals surface area (Å²) in [4.78, 5) is 23.2. The van der Waals surface area contributed by atoms with Gasteiger partial charge >= 0.3 is 5.97 Å². The SMILES string of the molecule is CC1Cc2c(C=O)c(O)c3c(c2C(=O)O1)CCC3. The van der Waals surface area contributed by atoms with Crippen LogP contribution in [0.4, 0.5) is 0 Å². The molecule has 1 aromatic rings. The molecule has 1 N–H and O–H groups in total. The molecular weight excluding hydrogens is 232 g/mol. The highest BCUT2D eigenvalue weighted by atomic mass is 16.5. The summed E-state index contributed by atoms with van der Waals surface area (Å²) in [6.07, 6.45) is 3.29. The van der Waals surface area contributed by atoms with Gasteiger partial charge < -0.3 is 9.84 Å². The van der Waals surface area contributed by atoms with E-state index < -0.39 is 0 Å². The van der Waals surface area contributed by atoms with Crippen LogP contribution in [-0.2, 0) is 24.0 Å². The van der Waals surface area contributed by atoms with Crippen LogP contribution in [0.2, 0.25) is 0 Å². The van der Waals surface area contributed by atoms with Crippen molar-refractivity contribution >= 4 is 12.3 Å². The van der Waals surface area contributed by atoms with Crippen LogP contribution in [0.25, 0.3) is 0 Å². The molecule has 0 spiro atoms. The molecule has 0 saturated carbocycles. The van der Waals surface area contributed by atoms with Crippen molar-refractivity contribution in [3.05, 3.63) is 27.8 Å². The molecular formula is C14H14O4. The molecule has 1 atom stereocenters. The van der Waals surface area contributed by atoms with Crippen molar-refractivity contribution < 1.29 is 19.4 Å². The normalized spacial score (nSPS) is 21.2. The van der Waals surface area contributed by atoms with Gasteiger partial charge in [0.25, 0.3) is 0 Å². The molecule has 0 aromatic heterocycles. The first-order chi connectivity index (χ1) is 8.63. The van der Waals surface area contributed by atoms with Crippen LogP contribution in [0, 0.1) is 0 Å². The highest BCUT2D eigenvalue weighted by Crippen LogP contribution is 2.40. The zero-order valence-electron chi connectivity index (χ0n) is 10.2. The number of hydrogen-bond acceptors (Lipinski definition) is 4. The monoisotopic (exact) mass is 246 g/mol. The van der Waals surface area contributed by atoms with E-state index in [-0.39, 0.29) is 23.4 Å². The third-order valence-electron chi connectivity index (χ3n) is 3.81. The van der Waals surface area contributed by atoms with Crippen LogP contribution >= 0.6 is 0 Å². The molecule has 3 rings (SSSR count). The number of carbonyl (C=O) groups excluding carboxylic acids is 2. The summed E-state index contributed by atoms with van der Waals surface area (Å²) in [6, 6.07) is 0. The number of phenols is 1. The lowest BCUT2D eigenvalue weighted by Gasteiger charge is -2.25. The van der Waals surface area contributed by atoms with Crippen molar-refractivity contribution in [1.29, 1.82) is 0 Å². The number of cyclic esters (lactones) is 1. The van der Waals surface area contributed by atoms with E-state index in [0.29, 0.717) is 23.8 Å². The second-order valence-electron chi connectivity index (χ2n) is 4.96. The van der Waals surface area contributed by atoms with E-state index in [1.807, 2.05) is 0 Å². The van der Waals surface area contributed by atoms with Gasteiger partial charge in [0, 0.05) is 6.42 Å². The molecule has 94 valence electrons. The number of hydrogen-bond donors (Lipinski definition) is 1. The maximum absolute atomic E-state index is 12.0. The van der Waals surface area contributed by atoms with Crippen LogP contribution in [0.5, 0.6) is 5.75 Å². The van der Waals surface area contributed by atoms with Gasteiger partial charge in [0.15, 0.2) is 6.29 Å². The zero-order valence-corrected chi connectivity index (χ0v) is 10.2. The lowest BCUT2D eigenvalue weighted by molar-refractivity contribution is 0.0299. The van der Waals surface area contributed by atoms with Crippen LogP contribution in [-0.4, -0.2) is 23.5 Å². The van der Waals surface area contributed by atoms with E-state index in [2.05, 4.69) is 0 Å². The number of benzene rings is 1. The van der Waals surface area contributed by atoms with E-state index in [1.54, 1.807) is 6.92 Å². The number of carbonyl (C=O) groups is 2. The Morgan fingerprint density at radius 3 is 2.72 bits per heavy atom. The molecule has 1 aliphatic carbocycles. The first-order valence-corrected chi connectivity index (χ1v) is 6.19. The molecule has 4 heteroatoms. The highest BCUT2D eigenvalue weighted by molar-refractivity contribution is 5.99. The number of fused-ring (bicyclic) bond motifs is 3. The topological polar surface area (TPSA) is 63.6 Å². The molecule has 1 heterocycles. The van der Waals surface area contributed by atoms with Gasteiger partial charge in [0.05, 0.1) is 11.1 Å². The summed E-state index contributed by atoms with van der Waals surface area (Å²) in [7, 11) is 0. The summed E-state index contributed by atoms with van der Waals surface area (Å²) < 4.78 is 5.24. The van der Waals surface area contributed by atoms with E-state index in [1.165, 1.54) is 0 Å². The van der Waals surface area contributed by atoms with Crippen molar-refractivity contribution in [2.24, 2.45) is 0 Å². The van der Waals surface area contributed by atoms with Gasteiger partial charge in [-0.1, -0.05) is 0 Å². The fraction of sp³-hybridized carbons (Fsp3) is 0.429. The molecule has 0 radical (unpaired) electrons. The summed E-state index contributed by atoms with van der Waals surface area (Å²) in [5.74, 6) is -0.289. The minimum Gasteiger partial charge on any atom is -0.507 e. The Labute approximate surface area is 105 Å². The minimum atomic E-state index is -0.356. The Hall–Kier alpha value is -1.84. The van der Waals surface area contributed by atoms with Gasteiger partial charge in [-0.05, 0) is 42.9 Å². The Morgan fingerprint density at radius 1 is 1.28 bits per heavy atom. The van der Waals surface area contributed by atoms with Gasteiger partial charge in [0.1, 0.15) is 11.9 Å². The lowest BCUT2D eigenvalue weighted by atomic mass is 9.87. The van der Waals surface area contributed by atoms with E-state index in [4.69, 9.17) is 4.74 Å². The highest BCUT2D eigenvalue weighted by Gasteiger charge is 2.34. The molecule has 0 amide bonds. The second-order valence-corrected chi connectivity index (χ2v) is 4.96. The fourth-order valence-electron chi connectivity index (χ4n) is 3.06. The maximum atomic E-state index is 12.0. The lowest BCUT2D eigenvalue weighted by Crippen LogP contribution is -2.28. The smallest absolute Gasteiger partial charge is 0.339 e. The predicted molar refractivity (Wildman–Crippen MR) is 64.1 cm³/mol. The summed E-state index contributed by atoms with van der Waals surface area (Å²) in [5.41, 5.74) is 3.09. The maximum Gasteiger partial charge on any atom is 0.339 e. The van der Waals surface area contributed by atoms with Crippen LogP contribution in [0.3, 0.4) is 0 Å². The fourth-order valence-corrected chi connectivity index (χ4v) is 3.06. The van der Waals surface area contributed by atoms with Crippen LogP contribution in [0.1, 0.15) is 50.8 Å². The van der Waals surface area contributed by atoms with Crippen molar-refractivity contribution in [2.45, 2.75) is 38.7 Å². The molecule has 4 nitrogen and oxygen atoms in total. The zero-order chi connectivity index (χ0) is 12.9. The standard InChI is InChI=1S/C14H14O4/c1-7-5-10-11(6-15)13(16)9-4-2-3-8(9)12(10)14(17)18-7/h6-7,16H,2-5H2,1H3. The van der Waals surface area contributed by atoms with Gasteiger partial charge in [-0.3, -0.25) is 4.79 Å². The number of esters is 1. The predicted octanol–water partition coefficient (Wildman–Crippen LogP) is 1.79. The Balaban J connectivity index is 2.35. The molecule has 18 heavy (non-hydrogen) atoms. The first kappa shape index (κ1) is 11.3. The third kappa shape index (κ3) is 1.38. The number of ether oxygens (including phenoxy) is 1. The second kappa shape index (κ2) is 3.83. The van der Waals surface area contributed by atoms with Crippen molar-refractivity contribution in [1.82, 2.24) is 0 Å². The van der Waals surface area contributed by atoms with Crippen LogP contribution < -0.4 is 0 Å². The number of aldehydes is 1. The first-order valence-electron chi connectivity index (χ1n) is 6.19. The van der Waals surface area contributed by atoms with E-state index >= 15 is 0 Å². The number of aromatic hydroxyl groups is 1. The largest absolute Gasteiger partial charge is 0.507 e. The van der Waals surface area contributed by atoms with Gasteiger partial charge in [0.2, 0.25) is 0 Å². The van der Waals surface area contributed by atoms with Crippen molar-refractivity contribution in [3.8, 4) is 5.75 Å². The average Bonchev–Trinajstić information content (AvgIpc) is 2.77. The Bertz CT molecular complexity index is 560. The van der Waals surface area contributed by atoms with Gasteiger partial charge in [-0.25, -0.2) is 4.79 Å². The summed E-state index contributed by atoms with van der Waals surface area (Å²) in [5, 5.41) is 10.2. The summed E-state index contributed by atoms with van der Waals surface area (Å²) in [6.45, 7) is 1.79. The van der Waals surface area contributed by atoms with Crippen LogP contribution in [0.15, 0.2) is 0 Å². The molecule has 2 aliphatic rings. The van der Waals surface area contributed by atoms with E-state index in [0.717, 1.165) is 30.4 Å². The average molecular weight is 246 g/mol. The molecule has 1 aliphatic heterocycles. The molecule has 1 unspecified atom stereocenters. The van der Waals surface area contributed by atoms with E-state index in [9.17, 15) is 14.7 Å². The van der Waals surface area contributed by atoms with Gasteiger partial charge in [-0.15, -0.1) is 0 Å². The third-order valence-corrected chi connectivity index (χ3v) is 3.81.